The lowest BCUT2D eigenvalue weighted by Crippen LogP contribution is -2.33. The number of pyridine rings is 1. The molecule has 0 bridgehead atoms. The maximum Gasteiger partial charge on any atom is 0.286 e. The molecule has 196 valence electrons. The van der Waals surface area contributed by atoms with Crippen LogP contribution >= 0.6 is 23.0 Å². The van der Waals surface area contributed by atoms with Gasteiger partial charge in [0.05, 0.1) is 13.2 Å². The highest BCUT2D eigenvalue weighted by Gasteiger charge is 2.28. The molecule has 4 heteroatoms. The molecule has 8 rings (SSSR count). The molecule has 0 N–H and O–H groups in total. The molecule has 0 spiro atoms. The highest BCUT2D eigenvalue weighted by Crippen LogP contribution is 2.50. The second kappa shape index (κ2) is 9.32. The van der Waals surface area contributed by atoms with Gasteiger partial charge in [0.15, 0.2) is 23.0 Å². The van der Waals surface area contributed by atoms with Crippen LogP contribution in [0.5, 0.6) is 5.75 Å². The summed E-state index contributed by atoms with van der Waals surface area (Å²) in [4.78, 5) is 0. The number of aryl methyl sites for hydroxylation is 2. The van der Waals surface area contributed by atoms with Crippen LogP contribution in [-0.4, -0.2) is 4.57 Å². The van der Waals surface area contributed by atoms with Gasteiger partial charge in [-0.3, -0.25) is 0 Å². The molecule has 0 saturated heterocycles. The second-order valence-electron chi connectivity index (χ2n) is 10.7. The van der Waals surface area contributed by atoms with Crippen molar-refractivity contribution in [1.82, 2.24) is 4.57 Å². The van der Waals surface area contributed by atoms with E-state index < -0.39 is 0 Å². The van der Waals surface area contributed by atoms with Crippen molar-refractivity contribution in [3.05, 3.63) is 127 Å². The predicted octanol–water partition coefficient (Wildman–Crippen LogP) is 9.63. The van der Waals surface area contributed by atoms with Gasteiger partial charge in [-0.25, -0.2) is 4.57 Å². The molecule has 1 aliphatic carbocycles. The lowest BCUT2D eigenvalue weighted by Gasteiger charge is -2.23. The molecule has 3 nitrogen and oxygen atoms in total. The summed E-state index contributed by atoms with van der Waals surface area (Å²) in [6.07, 6.45) is 2.11. The molecule has 0 amide bonds. The van der Waals surface area contributed by atoms with Crippen molar-refractivity contribution in [3.63, 3.8) is 0 Å². The molecule has 5 aromatic carbocycles. The van der Waals surface area contributed by atoms with E-state index in [1.807, 2.05) is 23.0 Å². The third-order valence-electron chi connectivity index (χ3n) is 8.55. The third-order valence-corrected chi connectivity index (χ3v) is 9.03. The van der Waals surface area contributed by atoms with E-state index in [2.05, 4.69) is 145 Å². The quantitative estimate of drug-likeness (QED) is 0.136. The van der Waals surface area contributed by atoms with Gasteiger partial charge in [0.25, 0.3) is 5.82 Å². The van der Waals surface area contributed by atoms with E-state index in [1.165, 1.54) is 66.3 Å². The van der Waals surface area contributed by atoms with Crippen LogP contribution in [0.25, 0.3) is 72.1 Å². The standard InChI is InChI=1S/C37H26IN2O/c1-23-35(41-38)19-18-30-33-21-31-28-15-7-5-13-26(28)24-11-3-4-12-25(24)27-14-6-8-16-29(27)32(31)22-34(33)40(37(23)30)36-17-9-10-20-39(36)2/h3-22H,1-2H3/q+1. The highest BCUT2D eigenvalue weighted by atomic mass is 127. The van der Waals surface area contributed by atoms with Gasteiger partial charge >= 0.3 is 0 Å². The van der Waals surface area contributed by atoms with E-state index >= 15 is 0 Å². The zero-order chi connectivity index (χ0) is 27.7. The van der Waals surface area contributed by atoms with Crippen molar-refractivity contribution >= 4 is 44.8 Å². The normalized spacial score (nSPS) is 11.8. The van der Waals surface area contributed by atoms with Crippen LogP contribution in [0.4, 0.5) is 0 Å². The molecule has 7 aromatic rings. The Morgan fingerprint density at radius 2 is 1.10 bits per heavy atom. The summed E-state index contributed by atoms with van der Waals surface area (Å²) < 4.78 is 10.4. The minimum absolute atomic E-state index is 0.880. The Balaban J connectivity index is 1.60. The number of aromatic nitrogens is 2. The number of hydrogen-bond acceptors (Lipinski definition) is 1. The average Bonchev–Trinajstić information content (AvgIpc) is 3.34. The summed E-state index contributed by atoms with van der Waals surface area (Å²) in [5, 5.41) is 2.45. The first-order chi connectivity index (χ1) is 20.2. The van der Waals surface area contributed by atoms with Gasteiger partial charge < -0.3 is 3.07 Å². The number of fused-ring (bicyclic) bond motifs is 11. The Morgan fingerprint density at radius 1 is 0.585 bits per heavy atom. The SMILES string of the molecule is Cc1c(OI)ccc2c3cc4c(cc3n(-c3cccc[n+]3C)c12)-c1ccccc1-c1ccccc1-c1ccccc1-4. The van der Waals surface area contributed by atoms with E-state index in [-0.39, 0.29) is 0 Å². The Bertz CT molecular complexity index is 2180. The summed E-state index contributed by atoms with van der Waals surface area (Å²) in [6.45, 7) is 2.16. The predicted molar refractivity (Wildman–Crippen MR) is 177 cm³/mol. The first-order valence-electron chi connectivity index (χ1n) is 13.8. The van der Waals surface area contributed by atoms with Crippen molar-refractivity contribution in [2.45, 2.75) is 6.92 Å². The summed E-state index contributed by atoms with van der Waals surface area (Å²) in [7, 11) is 2.11. The Kier molecular flexibility index (Phi) is 5.54. The van der Waals surface area contributed by atoms with Gasteiger partial charge in [-0.05, 0) is 81.8 Å². The molecule has 2 heterocycles. The number of rotatable bonds is 2. The van der Waals surface area contributed by atoms with E-state index in [9.17, 15) is 0 Å². The minimum Gasteiger partial charge on any atom is -0.427 e. The number of hydrogen-bond donors (Lipinski definition) is 0. The van der Waals surface area contributed by atoms with Crippen LogP contribution in [0.3, 0.4) is 0 Å². The molecule has 41 heavy (non-hydrogen) atoms. The van der Waals surface area contributed by atoms with E-state index in [0.29, 0.717) is 0 Å². The smallest absolute Gasteiger partial charge is 0.286 e. The molecule has 0 radical (unpaired) electrons. The molecular weight excluding hydrogens is 615 g/mol. The number of nitrogens with zero attached hydrogens (tertiary/aromatic N) is 2. The van der Waals surface area contributed by atoms with Gasteiger partial charge in [-0.2, -0.15) is 4.57 Å². The van der Waals surface area contributed by atoms with Gasteiger partial charge in [-0.15, -0.1) is 0 Å². The summed E-state index contributed by atoms with van der Waals surface area (Å²) >= 11 is 1.99. The first kappa shape index (κ1) is 24.4. The van der Waals surface area contributed by atoms with E-state index in [0.717, 1.165) is 17.1 Å². The van der Waals surface area contributed by atoms with Crippen LogP contribution < -0.4 is 7.63 Å². The molecule has 0 fully saturated rings. The number of halogens is 1. The molecule has 0 aliphatic heterocycles. The Morgan fingerprint density at radius 3 is 1.63 bits per heavy atom. The fourth-order valence-electron chi connectivity index (χ4n) is 6.67. The molecule has 0 saturated carbocycles. The molecule has 0 atom stereocenters. The molecular formula is C37H26IN2O+. The van der Waals surface area contributed by atoms with Crippen molar-refractivity contribution in [1.29, 1.82) is 0 Å². The van der Waals surface area contributed by atoms with Crippen LogP contribution in [0.2, 0.25) is 0 Å². The summed E-state index contributed by atoms with van der Waals surface area (Å²) in [5.41, 5.74) is 13.5. The van der Waals surface area contributed by atoms with Crippen LogP contribution in [0, 0.1) is 6.92 Å². The third kappa shape index (κ3) is 3.53. The Labute approximate surface area is 253 Å². The molecule has 2 aromatic heterocycles. The topological polar surface area (TPSA) is 18.0 Å². The van der Waals surface area contributed by atoms with Crippen molar-refractivity contribution in [2.24, 2.45) is 7.05 Å². The van der Waals surface area contributed by atoms with E-state index in [1.54, 1.807) is 0 Å². The van der Waals surface area contributed by atoms with Crippen LogP contribution in [-0.2, 0) is 7.05 Å². The minimum atomic E-state index is 0.880. The summed E-state index contributed by atoms with van der Waals surface area (Å²) in [6, 6.07) is 42.0. The van der Waals surface area contributed by atoms with Crippen molar-refractivity contribution < 1.29 is 7.63 Å². The first-order valence-corrected chi connectivity index (χ1v) is 14.7. The Hall–Kier alpha value is -4.42. The van der Waals surface area contributed by atoms with Crippen molar-refractivity contribution in [3.8, 4) is 56.1 Å². The van der Waals surface area contributed by atoms with Gasteiger partial charge in [0.2, 0.25) is 0 Å². The van der Waals surface area contributed by atoms with Crippen molar-refractivity contribution in [2.75, 3.05) is 0 Å². The fraction of sp³-hybridized carbons (Fsp3) is 0.0541. The number of benzene rings is 5. The van der Waals surface area contributed by atoms with Gasteiger partial charge in [0.1, 0.15) is 16.8 Å². The monoisotopic (exact) mass is 641 g/mol. The second-order valence-corrected chi connectivity index (χ2v) is 11.2. The average molecular weight is 642 g/mol. The van der Waals surface area contributed by atoms with Crippen LogP contribution in [0.1, 0.15) is 5.56 Å². The van der Waals surface area contributed by atoms with E-state index in [4.69, 9.17) is 3.07 Å². The lowest BCUT2D eigenvalue weighted by atomic mass is 9.80. The lowest BCUT2D eigenvalue weighted by molar-refractivity contribution is -0.665. The van der Waals surface area contributed by atoms with Gasteiger partial charge in [-0.1, -0.05) is 78.9 Å². The maximum absolute atomic E-state index is 5.78. The summed E-state index contributed by atoms with van der Waals surface area (Å²) in [5.74, 6) is 1.98. The molecule has 0 unspecified atom stereocenters. The zero-order valence-corrected chi connectivity index (χ0v) is 24.9. The zero-order valence-electron chi connectivity index (χ0n) is 22.7. The van der Waals surface area contributed by atoms with Crippen LogP contribution in [0.15, 0.2) is 121 Å². The largest absolute Gasteiger partial charge is 0.427 e. The fourth-order valence-corrected chi connectivity index (χ4v) is 7.15. The van der Waals surface area contributed by atoms with Gasteiger partial charge in [0, 0.05) is 22.4 Å². The highest BCUT2D eigenvalue weighted by molar-refractivity contribution is 14.1. The molecule has 1 aliphatic rings. The maximum atomic E-state index is 5.78.